The Morgan fingerprint density at radius 3 is 2.42 bits per heavy atom. The summed E-state index contributed by atoms with van der Waals surface area (Å²) in [6.45, 7) is 5.30. The Balaban J connectivity index is 1.66. The molecule has 0 aliphatic heterocycles. The molecule has 0 heterocycles. The molecular formula is C21H31N3O2. The Bertz CT molecular complexity index is 642. The number of fused-ring (bicyclic) bond motifs is 2. The van der Waals surface area contributed by atoms with Crippen LogP contribution in [0.15, 0.2) is 24.3 Å². The first-order valence-corrected chi connectivity index (χ1v) is 9.99. The van der Waals surface area contributed by atoms with Crippen molar-refractivity contribution in [1.82, 2.24) is 4.90 Å². The van der Waals surface area contributed by atoms with Crippen molar-refractivity contribution in [3.63, 3.8) is 0 Å². The van der Waals surface area contributed by atoms with Gasteiger partial charge in [0.1, 0.15) is 0 Å². The summed E-state index contributed by atoms with van der Waals surface area (Å²) >= 11 is 0. The fraction of sp³-hybridized carbons (Fsp3) is 0.619. The lowest BCUT2D eigenvalue weighted by Crippen LogP contribution is -2.48. The summed E-state index contributed by atoms with van der Waals surface area (Å²) in [5, 5.41) is 3.04. The molecule has 0 radical (unpaired) electrons. The van der Waals surface area contributed by atoms with Gasteiger partial charge in [-0.2, -0.15) is 0 Å². The first kappa shape index (κ1) is 18.9. The summed E-state index contributed by atoms with van der Waals surface area (Å²) < 4.78 is 0. The fourth-order valence-corrected chi connectivity index (χ4v) is 4.67. The van der Waals surface area contributed by atoms with Crippen LogP contribution in [0.25, 0.3) is 0 Å². The molecule has 1 aromatic carbocycles. The summed E-state index contributed by atoms with van der Waals surface area (Å²) in [5.41, 5.74) is 7.65. The predicted octanol–water partition coefficient (Wildman–Crippen LogP) is 3.26. The lowest BCUT2D eigenvalue weighted by Gasteiger charge is -2.43. The van der Waals surface area contributed by atoms with Crippen molar-refractivity contribution in [3.05, 3.63) is 29.8 Å². The fourth-order valence-electron chi connectivity index (χ4n) is 4.67. The number of nitrogens with one attached hydrogen (secondary N) is 1. The summed E-state index contributed by atoms with van der Waals surface area (Å²) in [7, 11) is 0. The third-order valence-electron chi connectivity index (χ3n) is 6.21. The molecule has 3 rings (SSSR count). The normalized spacial score (nSPS) is 27.7. The summed E-state index contributed by atoms with van der Waals surface area (Å²) in [6.07, 6.45) is 5.32. The van der Waals surface area contributed by atoms with Gasteiger partial charge in [0.25, 0.3) is 5.91 Å². The van der Waals surface area contributed by atoms with Crippen LogP contribution < -0.4 is 11.1 Å². The van der Waals surface area contributed by atoms with E-state index in [-0.39, 0.29) is 23.8 Å². The van der Waals surface area contributed by atoms with Crippen LogP contribution in [0.1, 0.15) is 56.3 Å². The molecule has 5 heteroatoms. The third kappa shape index (κ3) is 3.93. The minimum absolute atomic E-state index is 0.00395. The Labute approximate surface area is 156 Å². The highest BCUT2D eigenvalue weighted by atomic mass is 16.2. The van der Waals surface area contributed by atoms with E-state index in [2.05, 4.69) is 5.32 Å². The number of rotatable bonds is 5. The van der Waals surface area contributed by atoms with E-state index in [1.165, 1.54) is 6.42 Å². The number of anilines is 1. The molecule has 2 aliphatic rings. The van der Waals surface area contributed by atoms with Gasteiger partial charge in [-0.05, 0) is 69.6 Å². The van der Waals surface area contributed by atoms with Crippen LogP contribution in [0, 0.1) is 17.8 Å². The van der Waals surface area contributed by atoms with Crippen LogP contribution in [0.5, 0.6) is 0 Å². The summed E-state index contributed by atoms with van der Waals surface area (Å²) in [4.78, 5) is 27.1. The molecule has 2 fully saturated rings. The zero-order valence-corrected chi connectivity index (χ0v) is 15.9. The van der Waals surface area contributed by atoms with E-state index in [0.717, 1.165) is 25.7 Å². The molecule has 2 bridgehead atoms. The van der Waals surface area contributed by atoms with Crippen molar-refractivity contribution in [2.24, 2.45) is 23.5 Å². The maximum atomic E-state index is 12.8. The first-order chi connectivity index (χ1) is 12.5. The van der Waals surface area contributed by atoms with Crippen molar-refractivity contribution in [3.8, 4) is 0 Å². The SMILES string of the molecule is CCN(CC)C(=O)c1cccc(NC(=O)C2CC3CCCC(C2)C3N)c1. The largest absolute Gasteiger partial charge is 0.339 e. The van der Waals surface area contributed by atoms with Gasteiger partial charge in [-0.15, -0.1) is 0 Å². The van der Waals surface area contributed by atoms with Gasteiger partial charge in [0, 0.05) is 36.3 Å². The van der Waals surface area contributed by atoms with Crippen LogP contribution in [0.2, 0.25) is 0 Å². The molecule has 3 N–H and O–H groups in total. The highest BCUT2D eigenvalue weighted by molar-refractivity contribution is 5.97. The van der Waals surface area contributed by atoms with Crippen molar-refractivity contribution >= 4 is 17.5 Å². The van der Waals surface area contributed by atoms with E-state index in [4.69, 9.17) is 5.73 Å². The molecular weight excluding hydrogens is 326 g/mol. The van der Waals surface area contributed by atoms with E-state index >= 15 is 0 Å². The molecule has 0 spiro atoms. The van der Waals surface area contributed by atoms with E-state index in [1.54, 1.807) is 17.0 Å². The van der Waals surface area contributed by atoms with Gasteiger partial charge >= 0.3 is 0 Å². The lowest BCUT2D eigenvalue weighted by molar-refractivity contribution is -0.122. The van der Waals surface area contributed by atoms with Crippen LogP contribution in [-0.2, 0) is 4.79 Å². The van der Waals surface area contributed by atoms with Crippen LogP contribution in [-0.4, -0.2) is 35.8 Å². The molecule has 5 nitrogen and oxygen atoms in total. The van der Waals surface area contributed by atoms with Crippen LogP contribution >= 0.6 is 0 Å². The van der Waals surface area contributed by atoms with Crippen molar-refractivity contribution < 1.29 is 9.59 Å². The standard InChI is InChI=1S/C21H31N3O2/c1-3-24(4-2)21(26)16-9-6-10-18(13-16)23-20(25)17-11-14-7-5-8-15(12-17)19(14)22/h6,9-10,13-15,17,19H,3-5,7-8,11-12,22H2,1-2H3,(H,23,25). The minimum Gasteiger partial charge on any atom is -0.339 e. The second-order valence-electron chi connectivity index (χ2n) is 7.74. The molecule has 1 aromatic rings. The average molecular weight is 357 g/mol. The average Bonchev–Trinajstić information content (AvgIpc) is 2.62. The number of carbonyl (C=O) groups is 2. The minimum atomic E-state index is 0.00395. The van der Waals surface area contributed by atoms with Gasteiger partial charge in [-0.3, -0.25) is 9.59 Å². The Hall–Kier alpha value is -1.88. The third-order valence-corrected chi connectivity index (χ3v) is 6.21. The highest BCUT2D eigenvalue weighted by Crippen LogP contribution is 2.42. The molecule has 142 valence electrons. The molecule has 0 aromatic heterocycles. The summed E-state index contributed by atoms with van der Waals surface area (Å²) in [6, 6.07) is 7.54. The smallest absolute Gasteiger partial charge is 0.253 e. The molecule has 2 aliphatic carbocycles. The lowest BCUT2D eigenvalue weighted by atomic mass is 9.65. The number of carbonyl (C=O) groups excluding carboxylic acids is 2. The molecule has 2 atom stereocenters. The van der Waals surface area contributed by atoms with Gasteiger partial charge in [-0.1, -0.05) is 12.5 Å². The molecule has 0 saturated heterocycles. The molecule has 2 unspecified atom stereocenters. The van der Waals surface area contributed by atoms with Gasteiger partial charge in [0.05, 0.1) is 0 Å². The summed E-state index contributed by atoms with van der Waals surface area (Å²) in [5.74, 6) is 1.07. The highest BCUT2D eigenvalue weighted by Gasteiger charge is 2.40. The maximum Gasteiger partial charge on any atom is 0.253 e. The first-order valence-electron chi connectivity index (χ1n) is 9.99. The Morgan fingerprint density at radius 2 is 1.81 bits per heavy atom. The monoisotopic (exact) mass is 357 g/mol. The molecule has 26 heavy (non-hydrogen) atoms. The number of hydrogen-bond acceptors (Lipinski definition) is 3. The topological polar surface area (TPSA) is 75.4 Å². The Morgan fingerprint density at radius 1 is 1.15 bits per heavy atom. The van der Waals surface area contributed by atoms with Crippen LogP contribution in [0.3, 0.4) is 0 Å². The van der Waals surface area contributed by atoms with Gasteiger partial charge in [0.2, 0.25) is 5.91 Å². The maximum absolute atomic E-state index is 12.8. The number of amides is 2. The van der Waals surface area contributed by atoms with Crippen LogP contribution in [0.4, 0.5) is 5.69 Å². The molecule has 2 amide bonds. The molecule has 2 saturated carbocycles. The van der Waals surface area contributed by atoms with E-state index in [1.807, 2.05) is 26.0 Å². The van der Waals surface area contributed by atoms with Gasteiger partial charge in [-0.25, -0.2) is 0 Å². The Kier molecular flexibility index (Phi) is 5.97. The van der Waals surface area contributed by atoms with E-state index in [0.29, 0.717) is 36.2 Å². The van der Waals surface area contributed by atoms with Crippen molar-refractivity contribution in [1.29, 1.82) is 0 Å². The second-order valence-corrected chi connectivity index (χ2v) is 7.74. The van der Waals surface area contributed by atoms with E-state index < -0.39 is 0 Å². The quantitative estimate of drug-likeness (QED) is 0.849. The predicted molar refractivity (Wildman–Crippen MR) is 104 cm³/mol. The number of benzene rings is 1. The van der Waals surface area contributed by atoms with Gasteiger partial charge in [0.15, 0.2) is 0 Å². The number of hydrogen-bond donors (Lipinski definition) is 2. The second kappa shape index (κ2) is 8.21. The number of nitrogens with two attached hydrogens (primary N) is 1. The van der Waals surface area contributed by atoms with Crippen molar-refractivity contribution in [2.45, 2.75) is 52.0 Å². The number of nitrogens with zero attached hydrogens (tertiary/aromatic N) is 1. The zero-order chi connectivity index (χ0) is 18.7. The van der Waals surface area contributed by atoms with E-state index in [9.17, 15) is 9.59 Å². The van der Waals surface area contributed by atoms with Crippen molar-refractivity contribution in [2.75, 3.05) is 18.4 Å². The van der Waals surface area contributed by atoms with Gasteiger partial charge < -0.3 is 16.0 Å². The zero-order valence-electron chi connectivity index (χ0n) is 15.9.